The standard InChI is InChI=1S/C24H46N6O12/c1-30-5-7-2-10(32)13(28)22(37-7)40-19-9(27)3-8(26)15(33)21(19)42-24-18(36)20(12(6-31)39-24)41-23-14(29)17(35)16(34)11(4-25)38-23/h2,8-24,30-36H,3-6,25-29H2,1H3/t8-,9+,10+,11+,12-,13-,14-,15+,16-,17-,18-,19-,20-,21-,22-,23?,24+/m1/s1. The zero-order valence-corrected chi connectivity index (χ0v) is 23.2. The van der Waals surface area contributed by atoms with E-state index in [0.717, 1.165) is 0 Å². The molecule has 0 aromatic rings. The van der Waals surface area contributed by atoms with Crippen molar-refractivity contribution in [1.82, 2.24) is 5.32 Å². The van der Waals surface area contributed by atoms with E-state index in [2.05, 4.69) is 5.32 Å². The Morgan fingerprint density at radius 3 is 2.07 bits per heavy atom. The summed E-state index contributed by atoms with van der Waals surface area (Å²) in [5.74, 6) is 0.383. The molecular formula is C24H46N6O12. The summed E-state index contributed by atoms with van der Waals surface area (Å²) in [6, 6.07) is -3.83. The monoisotopic (exact) mass is 610 g/mol. The summed E-state index contributed by atoms with van der Waals surface area (Å²) < 4.78 is 35.0. The van der Waals surface area contributed by atoms with Crippen LogP contribution in [0.4, 0.5) is 0 Å². The van der Waals surface area contributed by atoms with Crippen molar-refractivity contribution in [1.29, 1.82) is 0 Å². The molecule has 17 atom stereocenters. The topological polar surface area (TPSA) is 319 Å². The second-order valence-corrected chi connectivity index (χ2v) is 11.1. The molecule has 0 aromatic carbocycles. The summed E-state index contributed by atoms with van der Waals surface area (Å²) >= 11 is 0. The Morgan fingerprint density at radius 2 is 1.43 bits per heavy atom. The number of likely N-dealkylation sites (N-methyl/N-ethyl adjacent to an activating group) is 1. The van der Waals surface area contributed by atoms with E-state index in [1.165, 1.54) is 6.08 Å². The molecule has 244 valence electrons. The lowest BCUT2D eigenvalue weighted by molar-refractivity contribution is -0.282. The molecule has 1 aliphatic carbocycles. The van der Waals surface area contributed by atoms with E-state index in [0.29, 0.717) is 5.76 Å². The SMILES string of the molecule is CNCC1=C[C@H](O)[C@@H](N)[C@@H](O[C@H]2[C@H](O[C@@H]3O[C@H](CO)[C@@H](OC4O[C@@H](CN)[C@@H](O)[C@H](O)[C@H]4N)[C@H]3O)[C@@H](O)[C@H](N)C[C@@H]2N)O1. The van der Waals surface area contributed by atoms with Gasteiger partial charge in [0.1, 0.15) is 54.6 Å². The Bertz CT molecular complexity index is 908. The van der Waals surface area contributed by atoms with Crippen molar-refractivity contribution in [3.05, 3.63) is 11.8 Å². The summed E-state index contributed by atoms with van der Waals surface area (Å²) in [5.41, 5.74) is 30.2. The van der Waals surface area contributed by atoms with E-state index in [1.807, 2.05) is 0 Å². The smallest absolute Gasteiger partial charge is 0.218 e. The molecule has 1 unspecified atom stereocenters. The van der Waals surface area contributed by atoms with Crippen LogP contribution >= 0.6 is 0 Å². The quantitative estimate of drug-likeness (QED) is 0.109. The van der Waals surface area contributed by atoms with Gasteiger partial charge in [0.05, 0.1) is 37.4 Å². The molecule has 4 rings (SSSR count). The van der Waals surface area contributed by atoms with Crippen molar-refractivity contribution in [2.45, 2.75) is 110 Å². The highest BCUT2D eigenvalue weighted by molar-refractivity contribution is 5.09. The van der Waals surface area contributed by atoms with Crippen LogP contribution in [0.25, 0.3) is 0 Å². The fourth-order valence-corrected chi connectivity index (χ4v) is 5.60. The second kappa shape index (κ2) is 14.3. The first-order valence-corrected chi connectivity index (χ1v) is 13.9. The number of nitrogens with one attached hydrogen (secondary N) is 1. The highest BCUT2D eigenvalue weighted by Crippen LogP contribution is 2.34. The van der Waals surface area contributed by atoms with E-state index < -0.39 is 111 Å². The minimum absolute atomic E-state index is 0.141. The number of ether oxygens (including phenoxy) is 6. The number of rotatable bonds is 10. The van der Waals surface area contributed by atoms with Gasteiger partial charge in [0.2, 0.25) is 6.29 Å². The number of hydrogen-bond donors (Lipinski definition) is 12. The molecule has 0 spiro atoms. The van der Waals surface area contributed by atoms with Gasteiger partial charge in [0.15, 0.2) is 12.6 Å². The van der Waals surface area contributed by atoms with Crippen LogP contribution in [0.2, 0.25) is 0 Å². The molecule has 3 heterocycles. The third-order valence-electron chi connectivity index (χ3n) is 8.07. The minimum Gasteiger partial charge on any atom is -0.466 e. The molecule has 42 heavy (non-hydrogen) atoms. The minimum atomic E-state index is -1.57. The predicted octanol–water partition coefficient (Wildman–Crippen LogP) is -7.48. The molecule has 17 N–H and O–H groups in total. The van der Waals surface area contributed by atoms with Crippen molar-refractivity contribution in [3.8, 4) is 0 Å². The van der Waals surface area contributed by atoms with Crippen LogP contribution in [-0.2, 0) is 28.4 Å². The highest BCUT2D eigenvalue weighted by Gasteiger charge is 2.53. The highest BCUT2D eigenvalue weighted by atomic mass is 16.8. The summed E-state index contributed by atoms with van der Waals surface area (Å²) in [6.07, 6.45) is -15.0. The van der Waals surface area contributed by atoms with E-state index >= 15 is 0 Å². The van der Waals surface area contributed by atoms with Gasteiger partial charge in [0, 0.05) is 18.6 Å². The number of hydrogen-bond acceptors (Lipinski definition) is 18. The van der Waals surface area contributed by atoms with Crippen LogP contribution in [0.1, 0.15) is 6.42 Å². The van der Waals surface area contributed by atoms with Crippen molar-refractivity contribution in [2.75, 3.05) is 26.7 Å². The van der Waals surface area contributed by atoms with Crippen LogP contribution in [0.15, 0.2) is 11.8 Å². The first-order chi connectivity index (χ1) is 19.9. The van der Waals surface area contributed by atoms with Gasteiger partial charge in [-0.3, -0.25) is 0 Å². The van der Waals surface area contributed by atoms with Crippen molar-refractivity contribution < 1.29 is 59.1 Å². The van der Waals surface area contributed by atoms with Gasteiger partial charge in [-0.1, -0.05) is 0 Å². The molecular weight excluding hydrogens is 564 g/mol. The number of aliphatic hydroxyl groups is 6. The van der Waals surface area contributed by atoms with Crippen LogP contribution in [-0.4, -0.2) is 161 Å². The first kappa shape index (κ1) is 33.7. The lowest BCUT2D eigenvalue weighted by Gasteiger charge is -2.45. The van der Waals surface area contributed by atoms with Gasteiger partial charge >= 0.3 is 0 Å². The lowest BCUT2D eigenvalue weighted by atomic mass is 9.84. The largest absolute Gasteiger partial charge is 0.466 e. The first-order valence-electron chi connectivity index (χ1n) is 13.9. The molecule has 18 heteroatoms. The molecule has 18 nitrogen and oxygen atoms in total. The van der Waals surface area contributed by atoms with Crippen LogP contribution in [0, 0.1) is 0 Å². The molecule has 0 amide bonds. The molecule has 3 fully saturated rings. The maximum atomic E-state index is 11.1. The van der Waals surface area contributed by atoms with Crippen molar-refractivity contribution >= 4 is 0 Å². The average Bonchev–Trinajstić information content (AvgIpc) is 3.25. The molecule has 3 aliphatic heterocycles. The summed E-state index contributed by atoms with van der Waals surface area (Å²) in [6.45, 7) is -0.483. The Labute approximate surface area is 242 Å². The number of aliphatic hydroxyl groups excluding tert-OH is 6. The van der Waals surface area contributed by atoms with E-state index in [9.17, 15) is 30.6 Å². The van der Waals surface area contributed by atoms with Gasteiger partial charge in [0.25, 0.3) is 0 Å². The average molecular weight is 611 g/mol. The van der Waals surface area contributed by atoms with E-state index in [4.69, 9.17) is 57.1 Å². The Hall–Kier alpha value is -1.14. The fourth-order valence-electron chi connectivity index (χ4n) is 5.60. The van der Waals surface area contributed by atoms with Gasteiger partial charge in [-0.2, -0.15) is 0 Å². The Kier molecular flexibility index (Phi) is 11.5. The van der Waals surface area contributed by atoms with Crippen molar-refractivity contribution in [3.63, 3.8) is 0 Å². The van der Waals surface area contributed by atoms with Crippen LogP contribution in [0.3, 0.4) is 0 Å². The van der Waals surface area contributed by atoms with Crippen molar-refractivity contribution in [2.24, 2.45) is 28.7 Å². The molecule has 2 saturated heterocycles. The number of nitrogens with two attached hydrogens (primary N) is 5. The second-order valence-electron chi connectivity index (χ2n) is 11.1. The molecule has 4 aliphatic rings. The zero-order chi connectivity index (χ0) is 30.9. The Balaban J connectivity index is 1.49. The zero-order valence-electron chi connectivity index (χ0n) is 23.2. The molecule has 0 bridgehead atoms. The predicted molar refractivity (Wildman–Crippen MR) is 142 cm³/mol. The van der Waals surface area contributed by atoms with E-state index in [-0.39, 0.29) is 19.5 Å². The fraction of sp³-hybridized carbons (Fsp3) is 0.917. The Morgan fingerprint density at radius 1 is 0.786 bits per heavy atom. The molecule has 1 saturated carbocycles. The van der Waals surface area contributed by atoms with Gasteiger partial charge in [-0.25, -0.2) is 0 Å². The normalized spacial score (nSPS) is 49.9. The van der Waals surface area contributed by atoms with Crippen LogP contribution in [0.5, 0.6) is 0 Å². The maximum Gasteiger partial charge on any atom is 0.218 e. The molecule has 0 radical (unpaired) electrons. The summed E-state index contributed by atoms with van der Waals surface area (Å²) in [5, 5.41) is 65.8. The summed E-state index contributed by atoms with van der Waals surface area (Å²) in [4.78, 5) is 0. The lowest BCUT2D eigenvalue weighted by Crippen LogP contribution is -2.65. The summed E-state index contributed by atoms with van der Waals surface area (Å²) in [7, 11) is 1.69. The van der Waals surface area contributed by atoms with Gasteiger partial charge < -0.3 is 93.0 Å². The van der Waals surface area contributed by atoms with Gasteiger partial charge in [-0.05, 0) is 19.5 Å². The van der Waals surface area contributed by atoms with Gasteiger partial charge in [-0.15, -0.1) is 0 Å². The maximum absolute atomic E-state index is 11.1. The van der Waals surface area contributed by atoms with Crippen LogP contribution < -0.4 is 34.0 Å². The van der Waals surface area contributed by atoms with E-state index in [1.54, 1.807) is 7.05 Å². The molecule has 0 aromatic heterocycles. The third kappa shape index (κ3) is 6.90. The third-order valence-corrected chi connectivity index (χ3v) is 8.07.